The summed E-state index contributed by atoms with van der Waals surface area (Å²) in [6, 6.07) is 13.4. The van der Waals surface area contributed by atoms with Crippen molar-refractivity contribution in [3.63, 3.8) is 0 Å². The van der Waals surface area contributed by atoms with Crippen LogP contribution in [0.3, 0.4) is 0 Å². The average Bonchev–Trinajstić information content (AvgIpc) is 2.62. The molecule has 1 fully saturated rings. The zero-order valence-electron chi connectivity index (χ0n) is 16.4. The monoisotopic (exact) mass is 346 g/mol. The fourth-order valence-electron chi connectivity index (χ4n) is 4.68. The van der Waals surface area contributed by atoms with Crippen LogP contribution in [0.15, 0.2) is 41.4 Å². The summed E-state index contributed by atoms with van der Waals surface area (Å²) in [5, 5.41) is 3.76. The molecule has 2 aromatic carbocycles. The first-order chi connectivity index (χ1) is 12.6. The minimum Gasteiger partial charge on any atom is -0.343 e. The molecule has 2 heteroatoms. The third-order valence-electron chi connectivity index (χ3n) is 6.32. The number of benzene rings is 2. The van der Waals surface area contributed by atoms with E-state index in [0.29, 0.717) is 0 Å². The van der Waals surface area contributed by atoms with E-state index in [1.165, 1.54) is 71.4 Å². The zero-order valence-corrected chi connectivity index (χ0v) is 16.4. The van der Waals surface area contributed by atoms with Gasteiger partial charge in [0.05, 0.1) is 6.54 Å². The number of hydrogen-bond acceptors (Lipinski definition) is 1. The molecule has 0 radical (unpaired) electrons. The smallest absolute Gasteiger partial charge is 0.108 e. The van der Waals surface area contributed by atoms with E-state index >= 15 is 0 Å². The maximum Gasteiger partial charge on any atom is 0.108 e. The quantitative estimate of drug-likeness (QED) is 0.695. The molecule has 136 valence electrons. The molecule has 0 unspecified atom stereocenters. The van der Waals surface area contributed by atoms with Crippen LogP contribution < -0.4 is 5.32 Å². The van der Waals surface area contributed by atoms with Crippen molar-refractivity contribution in [3.05, 3.63) is 64.2 Å². The molecule has 26 heavy (non-hydrogen) atoms. The first-order valence-corrected chi connectivity index (χ1v) is 10.0. The number of fused-ring (bicyclic) bond motifs is 1. The molecule has 2 aromatic rings. The SMILES string of the molecule is Cc1cccc(CN=C2Nc3cc(C)c(C)cc3CC23CCCCC3)c1. The van der Waals surface area contributed by atoms with Crippen LogP contribution in [0, 0.1) is 26.2 Å². The van der Waals surface area contributed by atoms with Gasteiger partial charge in [-0.15, -0.1) is 0 Å². The number of aliphatic imine (C=N–C) groups is 1. The van der Waals surface area contributed by atoms with Crippen molar-refractivity contribution in [2.75, 3.05) is 5.32 Å². The van der Waals surface area contributed by atoms with E-state index in [0.717, 1.165) is 13.0 Å². The molecule has 0 atom stereocenters. The lowest BCUT2D eigenvalue weighted by molar-refractivity contribution is 0.278. The first kappa shape index (κ1) is 17.3. The van der Waals surface area contributed by atoms with Gasteiger partial charge in [0, 0.05) is 11.1 Å². The van der Waals surface area contributed by atoms with Crippen LogP contribution in [0.1, 0.15) is 59.9 Å². The van der Waals surface area contributed by atoms with Crippen LogP contribution in [0.2, 0.25) is 0 Å². The topological polar surface area (TPSA) is 24.4 Å². The van der Waals surface area contributed by atoms with Gasteiger partial charge >= 0.3 is 0 Å². The predicted octanol–water partition coefficient (Wildman–Crippen LogP) is 6.13. The molecule has 2 nitrogen and oxygen atoms in total. The fraction of sp³-hybridized carbons (Fsp3) is 0.458. The normalized spacial score (nSPS) is 20.0. The molecule has 4 rings (SSSR count). The molecule has 0 saturated heterocycles. The summed E-state index contributed by atoms with van der Waals surface area (Å²) in [5.41, 5.74) is 8.33. The minimum absolute atomic E-state index is 0.219. The molecule has 2 aliphatic rings. The second-order valence-electron chi connectivity index (χ2n) is 8.39. The molecule has 1 aliphatic carbocycles. The van der Waals surface area contributed by atoms with Crippen molar-refractivity contribution in [3.8, 4) is 0 Å². The maximum atomic E-state index is 5.13. The second-order valence-corrected chi connectivity index (χ2v) is 8.39. The van der Waals surface area contributed by atoms with Crippen molar-refractivity contribution in [2.45, 2.75) is 65.8 Å². The van der Waals surface area contributed by atoms with E-state index < -0.39 is 0 Å². The molecule has 0 aromatic heterocycles. The molecule has 1 heterocycles. The number of nitrogens with zero attached hydrogens (tertiary/aromatic N) is 1. The Balaban J connectivity index is 1.70. The van der Waals surface area contributed by atoms with Gasteiger partial charge in [-0.3, -0.25) is 4.99 Å². The Kier molecular flexibility index (Phi) is 4.60. The van der Waals surface area contributed by atoms with Crippen LogP contribution in [0.5, 0.6) is 0 Å². The number of amidine groups is 1. The minimum atomic E-state index is 0.219. The Labute approximate surface area is 157 Å². The van der Waals surface area contributed by atoms with Gasteiger partial charge in [-0.25, -0.2) is 0 Å². The van der Waals surface area contributed by atoms with E-state index in [9.17, 15) is 0 Å². The number of nitrogens with one attached hydrogen (secondary N) is 1. The van der Waals surface area contributed by atoms with Crippen LogP contribution in [-0.2, 0) is 13.0 Å². The van der Waals surface area contributed by atoms with Gasteiger partial charge in [-0.2, -0.15) is 0 Å². The highest BCUT2D eigenvalue weighted by Crippen LogP contribution is 2.45. The van der Waals surface area contributed by atoms with E-state index in [1.54, 1.807) is 0 Å². The molecule has 1 saturated carbocycles. The Morgan fingerprint density at radius 2 is 1.73 bits per heavy atom. The summed E-state index contributed by atoms with van der Waals surface area (Å²) in [6.07, 6.45) is 7.68. The number of aryl methyl sites for hydroxylation is 3. The largest absolute Gasteiger partial charge is 0.343 e. The van der Waals surface area contributed by atoms with Crippen molar-refractivity contribution in [1.29, 1.82) is 0 Å². The van der Waals surface area contributed by atoms with Crippen molar-refractivity contribution in [2.24, 2.45) is 10.4 Å². The van der Waals surface area contributed by atoms with Crippen molar-refractivity contribution in [1.82, 2.24) is 0 Å². The Morgan fingerprint density at radius 1 is 0.962 bits per heavy atom. The van der Waals surface area contributed by atoms with Gasteiger partial charge in [0.2, 0.25) is 0 Å². The number of rotatable bonds is 2. The fourth-order valence-corrected chi connectivity index (χ4v) is 4.68. The van der Waals surface area contributed by atoms with Gasteiger partial charge in [-0.1, -0.05) is 55.2 Å². The lowest BCUT2D eigenvalue weighted by atomic mass is 9.67. The van der Waals surface area contributed by atoms with Gasteiger partial charge < -0.3 is 5.32 Å². The summed E-state index contributed by atoms with van der Waals surface area (Å²) >= 11 is 0. The summed E-state index contributed by atoms with van der Waals surface area (Å²) in [7, 11) is 0. The molecular formula is C24H30N2. The molecule has 1 N–H and O–H groups in total. The van der Waals surface area contributed by atoms with Gasteiger partial charge in [0.1, 0.15) is 5.84 Å². The third-order valence-corrected chi connectivity index (χ3v) is 6.32. The van der Waals surface area contributed by atoms with Crippen molar-refractivity contribution >= 4 is 11.5 Å². The Bertz CT molecular complexity index is 841. The second kappa shape index (κ2) is 6.90. The van der Waals surface area contributed by atoms with E-state index in [1.807, 2.05) is 0 Å². The highest BCUT2D eigenvalue weighted by atomic mass is 15.0. The van der Waals surface area contributed by atoms with Crippen molar-refractivity contribution < 1.29 is 0 Å². The highest BCUT2D eigenvalue weighted by molar-refractivity contribution is 6.02. The molecule has 0 bridgehead atoms. The Hall–Kier alpha value is -2.09. The summed E-state index contributed by atoms with van der Waals surface area (Å²) in [6.45, 7) is 7.35. The molecule has 1 spiro atoms. The molecule has 0 amide bonds. The van der Waals surface area contributed by atoms with Crippen LogP contribution in [-0.4, -0.2) is 5.84 Å². The van der Waals surface area contributed by atoms with Gasteiger partial charge in [0.15, 0.2) is 0 Å². The lowest BCUT2D eigenvalue weighted by Crippen LogP contribution is -2.43. The lowest BCUT2D eigenvalue weighted by Gasteiger charge is -2.43. The summed E-state index contributed by atoms with van der Waals surface area (Å²) in [4.78, 5) is 5.13. The summed E-state index contributed by atoms with van der Waals surface area (Å²) < 4.78 is 0. The van der Waals surface area contributed by atoms with Crippen LogP contribution >= 0.6 is 0 Å². The average molecular weight is 347 g/mol. The van der Waals surface area contributed by atoms with E-state index in [-0.39, 0.29) is 5.41 Å². The predicted molar refractivity (Wildman–Crippen MR) is 111 cm³/mol. The van der Waals surface area contributed by atoms with E-state index in [2.05, 4.69) is 62.5 Å². The third kappa shape index (κ3) is 3.30. The Morgan fingerprint density at radius 3 is 2.50 bits per heavy atom. The highest BCUT2D eigenvalue weighted by Gasteiger charge is 2.41. The van der Waals surface area contributed by atoms with Crippen LogP contribution in [0.25, 0.3) is 0 Å². The van der Waals surface area contributed by atoms with Crippen LogP contribution in [0.4, 0.5) is 5.69 Å². The zero-order chi connectivity index (χ0) is 18.1. The molecule has 1 aliphatic heterocycles. The first-order valence-electron chi connectivity index (χ1n) is 10.0. The number of hydrogen-bond donors (Lipinski definition) is 1. The van der Waals surface area contributed by atoms with E-state index in [4.69, 9.17) is 4.99 Å². The molecular weight excluding hydrogens is 316 g/mol. The summed E-state index contributed by atoms with van der Waals surface area (Å²) in [5.74, 6) is 1.23. The standard InChI is InChI=1S/C24H30N2/c1-17-8-7-9-20(12-17)16-25-23-24(10-5-4-6-11-24)15-21-13-18(2)19(3)14-22(21)26-23/h7-9,12-14H,4-6,10-11,15-16H2,1-3H3,(H,25,26). The number of anilines is 1. The van der Waals surface area contributed by atoms with Gasteiger partial charge in [0.25, 0.3) is 0 Å². The van der Waals surface area contributed by atoms with Gasteiger partial charge in [-0.05, 0) is 68.4 Å². The maximum absolute atomic E-state index is 5.13.